The van der Waals surface area contributed by atoms with Crippen LogP contribution in [0.2, 0.25) is 0 Å². The summed E-state index contributed by atoms with van der Waals surface area (Å²) in [6.45, 7) is 5.22. The van der Waals surface area contributed by atoms with E-state index < -0.39 is 12.5 Å². The van der Waals surface area contributed by atoms with Gasteiger partial charge in [0.15, 0.2) is 0 Å². The molecular formula is C25H29F2N5O. The maximum absolute atomic E-state index is 13.5. The molecule has 4 heterocycles. The lowest BCUT2D eigenvalue weighted by atomic mass is 9.89. The van der Waals surface area contributed by atoms with Crippen molar-refractivity contribution in [3.63, 3.8) is 0 Å². The van der Waals surface area contributed by atoms with Crippen LogP contribution in [0.3, 0.4) is 0 Å². The van der Waals surface area contributed by atoms with Gasteiger partial charge in [0.2, 0.25) is 0 Å². The van der Waals surface area contributed by atoms with E-state index in [-0.39, 0.29) is 0 Å². The molecule has 0 amide bonds. The monoisotopic (exact) mass is 453 g/mol. The van der Waals surface area contributed by atoms with Crippen LogP contribution in [0.25, 0.3) is 33.3 Å². The van der Waals surface area contributed by atoms with Gasteiger partial charge in [0.25, 0.3) is 5.92 Å². The van der Waals surface area contributed by atoms with E-state index in [0.717, 1.165) is 58.2 Å². The number of alkyl halides is 2. The lowest BCUT2D eigenvalue weighted by Crippen LogP contribution is -2.19. The lowest BCUT2D eigenvalue weighted by molar-refractivity contribution is 0.000604. The highest BCUT2D eigenvalue weighted by molar-refractivity contribution is 5.94. The average Bonchev–Trinajstić information content (AvgIpc) is 3.45. The second kappa shape index (κ2) is 8.39. The fraction of sp³-hybridized carbons (Fsp3) is 0.480. The first-order valence-corrected chi connectivity index (χ1v) is 11.6. The Kier molecular flexibility index (Phi) is 5.54. The predicted molar refractivity (Wildman–Crippen MR) is 123 cm³/mol. The van der Waals surface area contributed by atoms with Crippen molar-refractivity contribution in [1.29, 1.82) is 0 Å². The predicted octanol–water partition coefficient (Wildman–Crippen LogP) is 6.41. The van der Waals surface area contributed by atoms with E-state index in [1.165, 1.54) is 36.8 Å². The maximum Gasteiger partial charge on any atom is 0.264 e. The van der Waals surface area contributed by atoms with Crippen molar-refractivity contribution in [2.75, 3.05) is 0 Å². The first-order valence-electron chi connectivity index (χ1n) is 11.6. The Hall–Kier alpha value is -3.03. The topological polar surface area (TPSA) is 61.7 Å². The first-order chi connectivity index (χ1) is 15.8. The highest BCUT2D eigenvalue weighted by Gasteiger charge is 2.24. The summed E-state index contributed by atoms with van der Waals surface area (Å²) in [4.78, 5) is 4.82. The molecule has 0 spiro atoms. The molecule has 6 nitrogen and oxygen atoms in total. The van der Waals surface area contributed by atoms with Gasteiger partial charge in [0.05, 0.1) is 22.9 Å². The standard InChI is InChI=1S/C25H29F2N5O/c1-16-23(17(2)33-30-16)19-9-22-24(28-10-19)21(14-31(22)12-18-7-5-4-6-8-18)20-11-29-32(13-20)15-25(3,26)27/h9-11,13-14,18H,4-8,12,15H2,1-3H3. The van der Waals surface area contributed by atoms with E-state index in [4.69, 9.17) is 9.51 Å². The molecule has 0 saturated heterocycles. The number of nitrogens with zero attached hydrogens (tertiary/aromatic N) is 5. The van der Waals surface area contributed by atoms with Gasteiger partial charge in [0.1, 0.15) is 12.3 Å². The SMILES string of the molecule is Cc1noc(C)c1-c1cnc2c(-c3cnn(CC(C)(F)F)c3)cn(CC3CCCCC3)c2c1. The van der Waals surface area contributed by atoms with E-state index in [1.54, 1.807) is 12.4 Å². The highest BCUT2D eigenvalue weighted by Crippen LogP contribution is 2.35. The Morgan fingerprint density at radius 3 is 2.58 bits per heavy atom. The molecule has 174 valence electrons. The third-order valence-corrected chi connectivity index (χ3v) is 6.60. The number of hydrogen-bond donors (Lipinski definition) is 0. The van der Waals surface area contributed by atoms with E-state index in [2.05, 4.69) is 27.1 Å². The quantitative estimate of drug-likeness (QED) is 0.339. The smallest absolute Gasteiger partial charge is 0.264 e. The van der Waals surface area contributed by atoms with E-state index in [9.17, 15) is 8.78 Å². The highest BCUT2D eigenvalue weighted by atomic mass is 19.3. The molecule has 33 heavy (non-hydrogen) atoms. The summed E-state index contributed by atoms with van der Waals surface area (Å²) >= 11 is 0. The van der Waals surface area contributed by atoms with E-state index in [0.29, 0.717) is 5.92 Å². The molecule has 0 atom stereocenters. The number of halogens is 2. The van der Waals surface area contributed by atoms with Crippen molar-refractivity contribution < 1.29 is 13.3 Å². The maximum atomic E-state index is 13.5. The van der Waals surface area contributed by atoms with Gasteiger partial charge in [-0.15, -0.1) is 0 Å². The minimum atomic E-state index is -2.82. The zero-order valence-electron chi connectivity index (χ0n) is 19.3. The van der Waals surface area contributed by atoms with Gasteiger partial charge in [-0.2, -0.15) is 5.10 Å². The number of aromatic nitrogens is 5. The van der Waals surface area contributed by atoms with Crippen LogP contribution in [-0.4, -0.2) is 30.4 Å². The molecule has 0 unspecified atom stereocenters. The molecule has 1 aliphatic carbocycles. The van der Waals surface area contributed by atoms with Crippen LogP contribution in [0.1, 0.15) is 50.5 Å². The van der Waals surface area contributed by atoms with E-state index >= 15 is 0 Å². The number of hydrogen-bond acceptors (Lipinski definition) is 4. The number of fused-ring (bicyclic) bond motifs is 1. The summed E-state index contributed by atoms with van der Waals surface area (Å²) in [5.41, 5.74) is 6.36. The molecule has 8 heteroatoms. The van der Waals surface area contributed by atoms with Crippen LogP contribution in [0.4, 0.5) is 8.78 Å². The van der Waals surface area contributed by atoms with Crippen LogP contribution in [0.5, 0.6) is 0 Å². The molecule has 0 bridgehead atoms. The Morgan fingerprint density at radius 2 is 1.88 bits per heavy atom. The van der Waals surface area contributed by atoms with Crippen molar-refractivity contribution >= 4 is 11.0 Å². The number of aryl methyl sites for hydroxylation is 2. The third-order valence-electron chi connectivity index (χ3n) is 6.60. The van der Waals surface area contributed by atoms with Crippen molar-refractivity contribution in [2.45, 2.75) is 71.9 Å². The Morgan fingerprint density at radius 1 is 1.09 bits per heavy atom. The fourth-order valence-corrected chi connectivity index (χ4v) is 5.08. The summed E-state index contributed by atoms with van der Waals surface area (Å²) in [6, 6.07) is 2.14. The summed E-state index contributed by atoms with van der Waals surface area (Å²) in [6.07, 6.45) is 13.6. The van der Waals surface area contributed by atoms with Crippen LogP contribution in [-0.2, 0) is 13.1 Å². The van der Waals surface area contributed by atoms with Gasteiger partial charge in [-0.25, -0.2) is 8.78 Å². The van der Waals surface area contributed by atoms with Crippen LogP contribution < -0.4 is 0 Å². The van der Waals surface area contributed by atoms with Crippen molar-refractivity contribution in [3.05, 3.63) is 42.3 Å². The Balaban J connectivity index is 1.59. The van der Waals surface area contributed by atoms with Crippen molar-refractivity contribution in [2.24, 2.45) is 5.92 Å². The normalized spacial score (nSPS) is 15.5. The largest absolute Gasteiger partial charge is 0.361 e. The molecule has 0 N–H and O–H groups in total. The second-order valence-corrected chi connectivity index (χ2v) is 9.49. The molecule has 0 aromatic carbocycles. The summed E-state index contributed by atoms with van der Waals surface area (Å²) < 4.78 is 35.9. The molecule has 1 fully saturated rings. The molecule has 1 saturated carbocycles. The number of pyridine rings is 1. The van der Waals surface area contributed by atoms with E-state index in [1.807, 2.05) is 20.0 Å². The zero-order valence-corrected chi connectivity index (χ0v) is 19.3. The first kappa shape index (κ1) is 21.8. The van der Waals surface area contributed by atoms with Crippen LogP contribution in [0, 0.1) is 19.8 Å². The Bertz CT molecular complexity index is 1250. The summed E-state index contributed by atoms with van der Waals surface area (Å²) in [5, 5.41) is 8.26. The number of rotatable bonds is 6. The third kappa shape index (κ3) is 4.43. The molecule has 5 rings (SSSR count). The summed E-state index contributed by atoms with van der Waals surface area (Å²) in [5.74, 6) is -1.42. The molecule has 0 radical (unpaired) electrons. The van der Waals surface area contributed by atoms with Gasteiger partial charge >= 0.3 is 0 Å². The van der Waals surface area contributed by atoms with Crippen molar-refractivity contribution in [3.8, 4) is 22.3 Å². The van der Waals surface area contributed by atoms with Crippen LogP contribution >= 0.6 is 0 Å². The molecular weight excluding hydrogens is 424 g/mol. The lowest BCUT2D eigenvalue weighted by Gasteiger charge is -2.22. The zero-order chi connectivity index (χ0) is 23.2. The second-order valence-electron chi connectivity index (χ2n) is 9.49. The van der Waals surface area contributed by atoms with Gasteiger partial charge in [-0.3, -0.25) is 9.67 Å². The minimum Gasteiger partial charge on any atom is -0.361 e. The molecule has 0 aliphatic heterocycles. The fourth-order valence-electron chi connectivity index (χ4n) is 5.08. The average molecular weight is 454 g/mol. The molecule has 4 aromatic rings. The summed E-state index contributed by atoms with van der Waals surface area (Å²) in [7, 11) is 0. The van der Waals surface area contributed by atoms with Gasteiger partial charge < -0.3 is 9.09 Å². The molecule has 4 aromatic heterocycles. The van der Waals surface area contributed by atoms with Gasteiger partial charge in [-0.05, 0) is 38.7 Å². The van der Waals surface area contributed by atoms with Gasteiger partial charge in [-0.1, -0.05) is 24.4 Å². The minimum absolute atomic E-state index is 0.447. The molecule has 1 aliphatic rings. The van der Waals surface area contributed by atoms with Crippen molar-refractivity contribution in [1.82, 2.24) is 24.5 Å². The van der Waals surface area contributed by atoms with Crippen LogP contribution in [0.15, 0.2) is 35.4 Å². The van der Waals surface area contributed by atoms with Gasteiger partial charge in [0, 0.05) is 54.3 Å². The Labute approximate surface area is 191 Å².